The molecule has 1 aromatic heterocycles. The van der Waals surface area contributed by atoms with Crippen LogP contribution in [0.15, 0.2) is 34.7 Å². The Hall–Kier alpha value is -2.76. The average molecular weight is 317 g/mol. The third kappa shape index (κ3) is 3.91. The Morgan fingerprint density at radius 1 is 1.13 bits per heavy atom. The summed E-state index contributed by atoms with van der Waals surface area (Å²) in [6.45, 7) is 1.60. The molecule has 0 radical (unpaired) electrons. The molecule has 0 aliphatic carbocycles. The first kappa shape index (κ1) is 16.6. The van der Waals surface area contributed by atoms with E-state index in [9.17, 15) is 9.59 Å². The summed E-state index contributed by atoms with van der Waals surface area (Å²) in [5, 5.41) is 0. The molecule has 0 amide bonds. The molecule has 0 unspecified atom stereocenters. The summed E-state index contributed by atoms with van der Waals surface area (Å²) in [4.78, 5) is 25.5. The number of methoxy groups -OCH3 is 1. The molecule has 6 nitrogen and oxygen atoms in total. The van der Waals surface area contributed by atoms with Crippen LogP contribution in [0.3, 0.4) is 0 Å². The zero-order valence-electron chi connectivity index (χ0n) is 13.6. The molecule has 122 valence electrons. The van der Waals surface area contributed by atoms with Gasteiger partial charge in [0, 0.05) is 19.8 Å². The van der Waals surface area contributed by atoms with E-state index >= 15 is 0 Å². The van der Waals surface area contributed by atoms with Gasteiger partial charge < -0.3 is 18.8 Å². The first-order valence-electron chi connectivity index (χ1n) is 7.04. The topological polar surface area (TPSA) is 69.0 Å². The molecule has 0 aliphatic heterocycles. The molecular formula is C17H19NO5. The predicted octanol–water partition coefficient (Wildman–Crippen LogP) is 2.80. The van der Waals surface area contributed by atoms with E-state index < -0.39 is 11.9 Å². The van der Waals surface area contributed by atoms with Crippen LogP contribution in [0.25, 0.3) is 0 Å². The third-order valence-corrected chi connectivity index (χ3v) is 3.34. The van der Waals surface area contributed by atoms with Crippen LogP contribution in [0.1, 0.15) is 32.2 Å². The SMILES string of the molecule is COC(=O)c1cc(COC(=O)c2ccc(N(C)C)cc2)oc1C. The standard InChI is InChI=1S/C17H19NO5/c1-11-15(17(20)21-4)9-14(23-11)10-22-16(19)12-5-7-13(8-6-12)18(2)3/h5-9H,10H2,1-4H3. The molecule has 0 saturated heterocycles. The molecule has 0 spiro atoms. The van der Waals surface area contributed by atoms with E-state index in [1.165, 1.54) is 13.2 Å². The second kappa shape index (κ2) is 7.00. The number of esters is 2. The molecule has 23 heavy (non-hydrogen) atoms. The third-order valence-electron chi connectivity index (χ3n) is 3.34. The number of anilines is 1. The van der Waals surface area contributed by atoms with Gasteiger partial charge in [0.15, 0.2) is 0 Å². The highest BCUT2D eigenvalue weighted by atomic mass is 16.5. The lowest BCUT2D eigenvalue weighted by molar-refractivity contribution is 0.0444. The second-order valence-corrected chi connectivity index (χ2v) is 5.19. The van der Waals surface area contributed by atoms with Crippen LogP contribution in [-0.4, -0.2) is 33.1 Å². The van der Waals surface area contributed by atoms with Gasteiger partial charge in [-0.05, 0) is 37.3 Å². The Morgan fingerprint density at radius 2 is 1.78 bits per heavy atom. The fourth-order valence-corrected chi connectivity index (χ4v) is 2.04. The van der Waals surface area contributed by atoms with Gasteiger partial charge in [-0.15, -0.1) is 0 Å². The number of carbonyl (C=O) groups excluding carboxylic acids is 2. The van der Waals surface area contributed by atoms with Crippen LogP contribution >= 0.6 is 0 Å². The Kier molecular flexibility index (Phi) is 5.05. The van der Waals surface area contributed by atoms with Gasteiger partial charge in [0.05, 0.1) is 12.7 Å². The molecule has 0 N–H and O–H groups in total. The number of ether oxygens (including phenoxy) is 2. The lowest BCUT2D eigenvalue weighted by Crippen LogP contribution is -2.09. The van der Waals surface area contributed by atoms with E-state index in [1.807, 2.05) is 31.1 Å². The summed E-state index contributed by atoms with van der Waals surface area (Å²) in [6, 6.07) is 8.59. The molecule has 0 saturated carbocycles. The van der Waals surface area contributed by atoms with E-state index in [-0.39, 0.29) is 6.61 Å². The average Bonchev–Trinajstić information content (AvgIpc) is 2.92. The van der Waals surface area contributed by atoms with E-state index in [1.54, 1.807) is 19.1 Å². The normalized spacial score (nSPS) is 10.3. The number of hydrogen-bond donors (Lipinski definition) is 0. The minimum absolute atomic E-state index is 0.0495. The fourth-order valence-electron chi connectivity index (χ4n) is 2.04. The van der Waals surface area contributed by atoms with Crippen molar-refractivity contribution in [2.24, 2.45) is 0 Å². The monoisotopic (exact) mass is 317 g/mol. The van der Waals surface area contributed by atoms with Gasteiger partial charge in [-0.1, -0.05) is 0 Å². The number of carbonyl (C=O) groups is 2. The van der Waals surface area contributed by atoms with Crippen molar-refractivity contribution < 1.29 is 23.5 Å². The molecule has 2 aromatic rings. The van der Waals surface area contributed by atoms with Crippen LogP contribution in [0.5, 0.6) is 0 Å². The van der Waals surface area contributed by atoms with Crippen LogP contribution in [0.2, 0.25) is 0 Å². The summed E-state index contributed by atoms with van der Waals surface area (Å²) >= 11 is 0. The van der Waals surface area contributed by atoms with Crippen molar-refractivity contribution in [3.8, 4) is 0 Å². The number of nitrogens with zero attached hydrogens (tertiary/aromatic N) is 1. The van der Waals surface area contributed by atoms with Crippen LogP contribution in [0.4, 0.5) is 5.69 Å². The van der Waals surface area contributed by atoms with Crippen molar-refractivity contribution in [1.29, 1.82) is 0 Å². The quantitative estimate of drug-likeness (QED) is 0.790. The maximum absolute atomic E-state index is 12.0. The first-order chi connectivity index (χ1) is 10.9. The van der Waals surface area contributed by atoms with Gasteiger partial charge in [0.2, 0.25) is 0 Å². The summed E-state index contributed by atoms with van der Waals surface area (Å²) in [5.41, 5.74) is 1.77. The van der Waals surface area contributed by atoms with E-state index in [0.717, 1.165) is 5.69 Å². The number of hydrogen-bond acceptors (Lipinski definition) is 6. The maximum atomic E-state index is 12.0. The van der Waals surface area contributed by atoms with Gasteiger partial charge in [-0.3, -0.25) is 0 Å². The van der Waals surface area contributed by atoms with Crippen molar-refractivity contribution >= 4 is 17.6 Å². The first-order valence-corrected chi connectivity index (χ1v) is 7.04. The minimum Gasteiger partial charge on any atom is -0.465 e. The van der Waals surface area contributed by atoms with E-state index in [2.05, 4.69) is 4.74 Å². The highest BCUT2D eigenvalue weighted by Gasteiger charge is 2.16. The summed E-state index contributed by atoms with van der Waals surface area (Å²) in [5.74, 6) is -0.119. The number of rotatable bonds is 5. The summed E-state index contributed by atoms with van der Waals surface area (Å²) in [7, 11) is 5.14. The molecule has 2 rings (SSSR count). The van der Waals surface area contributed by atoms with E-state index in [0.29, 0.717) is 22.6 Å². The predicted molar refractivity (Wildman–Crippen MR) is 84.7 cm³/mol. The Bertz CT molecular complexity index is 700. The lowest BCUT2D eigenvalue weighted by Gasteiger charge is -2.12. The molecule has 0 fully saturated rings. The number of aryl methyl sites for hydroxylation is 1. The van der Waals surface area contributed by atoms with Crippen LogP contribution < -0.4 is 4.90 Å². The van der Waals surface area contributed by atoms with Crippen molar-refractivity contribution in [2.75, 3.05) is 26.1 Å². The highest BCUT2D eigenvalue weighted by molar-refractivity contribution is 5.91. The molecule has 6 heteroatoms. The Labute approximate surface area is 134 Å². The van der Waals surface area contributed by atoms with Crippen LogP contribution in [0, 0.1) is 6.92 Å². The zero-order valence-corrected chi connectivity index (χ0v) is 13.6. The Balaban J connectivity index is 2.00. The largest absolute Gasteiger partial charge is 0.465 e. The lowest BCUT2D eigenvalue weighted by atomic mass is 10.2. The van der Waals surface area contributed by atoms with Gasteiger partial charge in [0.1, 0.15) is 23.7 Å². The van der Waals surface area contributed by atoms with Gasteiger partial charge in [-0.25, -0.2) is 9.59 Å². The second-order valence-electron chi connectivity index (χ2n) is 5.19. The van der Waals surface area contributed by atoms with E-state index in [4.69, 9.17) is 9.15 Å². The number of benzene rings is 1. The van der Waals surface area contributed by atoms with Crippen LogP contribution in [-0.2, 0) is 16.1 Å². The minimum atomic E-state index is -0.483. The van der Waals surface area contributed by atoms with Gasteiger partial charge in [-0.2, -0.15) is 0 Å². The maximum Gasteiger partial charge on any atom is 0.341 e. The van der Waals surface area contributed by atoms with Gasteiger partial charge >= 0.3 is 11.9 Å². The van der Waals surface area contributed by atoms with Crippen molar-refractivity contribution in [1.82, 2.24) is 0 Å². The van der Waals surface area contributed by atoms with Crippen molar-refractivity contribution in [3.05, 3.63) is 53.0 Å². The van der Waals surface area contributed by atoms with Gasteiger partial charge in [0.25, 0.3) is 0 Å². The van der Waals surface area contributed by atoms with Crippen molar-refractivity contribution in [3.63, 3.8) is 0 Å². The molecule has 1 aromatic carbocycles. The smallest absolute Gasteiger partial charge is 0.341 e. The molecule has 1 heterocycles. The summed E-state index contributed by atoms with van der Waals surface area (Å²) in [6.07, 6.45) is 0. The molecular weight excluding hydrogens is 298 g/mol. The molecule has 0 aliphatic rings. The summed E-state index contributed by atoms with van der Waals surface area (Å²) < 4.78 is 15.2. The zero-order chi connectivity index (χ0) is 17.0. The Morgan fingerprint density at radius 3 is 2.35 bits per heavy atom. The molecule has 0 bridgehead atoms. The molecule has 0 atom stereocenters. The number of furan rings is 1. The van der Waals surface area contributed by atoms with Crippen molar-refractivity contribution in [2.45, 2.75) is 13.5 Å². The highest BCUT2D eigenvalue weighted by Crippen LogP contribution is 2.18. The fraction of sp³-hybridized carbons (Fsp3) is 0.294.